The van der Waals surface area contributed by atoms with Gasteiger partial charge in [0.1, 0.15) is 0 Å². The molecule has 2 rings (SSSR count). The Labute approximate surface area is 96.8 Å². The number of nitrogens with zero attached hydrogens (tertiary/aromatic N) is 1. The fraction of sp³-hybridized carbons (Fsp3) is 0.750. The van der Waals surface area contributed by atoms with Crippen molar-refractivity contribution in [1.82, 2.24) is 15.5 Å². The highest BCUT2D eigenvalue weighted by Crippen LogP contribution is 2.20. The van der Waals surface area contributed by atoms with Gasteiger partial charge in [-0.2, -0.15) is 5.10 Å². The van der Waals surface area contributed by atoms with E-state index in [0.29, 0.717) is 18.2 Å². The average molecular weight is 223 g/mol. The third-order valence-corrected chi connectivity index (χ3v) is 3.37. The molecule has 2 N–H and O–H groups in total. The van der Waals surface area contributed by atoms with E-state index in [1.165, 1.54) is 18.4 Å². The molecule has 0 spiro atoms. The van der Waals surface area contributed by atoms with Gasteiger partial charge in [-0.05, 0) is 33.6 Å². The number of ether oxygens (including phenoxy) is 1. The molecule has 0 amide bonds. The molecule has 0 bridgehead atoms. The van der Waals surface area contributed by atoms with Gasteiger partial charge in [0.15, 0.2) is 0 Å². The molecule has 90 valence electrons. The highest BCUT2D eigenvalue weighted by Gasteiger charge is 2.24. The second-order valence-corrected chi connectivity index (χ2v) is 4.68. The maximum absolute atomic E-state index is 5.68. The van der Waals surface area contributed by atoms with Crippen LogP contribution in [0, 0.1) is 6.92 Å². The number of H-pyrrole nitrogens is 1. The molecule has 4 nitrogen and oxygen atoms in total. The molecule has 16 heavy (non-hydrogen) atoms. The topological polar surface area (TPSA) is 49.9 Å². The third kappa shape index (κ3) is 2.44. The maximum Gasteiger partial charge on any atom is 0.0726 e. The van der Waals surface area contributed by atoms with Gasteiger partial charge >= 0.3 is 0 Å². The van der Waals surface area contributed by atoms with Crippen LogP contribution in [0.4, 0.5) is 0 Å². The minimum Gasteiger partial charge on any atom is -0.377 e. The van der Waals surface area contributed by atoms with E-state index in [0.717, 1.165) is 12.3 Å². The van der Waals surface area contributed by atoms with Crippen molar-refractivity contribution in [2.45, 2.75) is 51.8 Å². The highest BCUT2D eigenvalue weighted by atomic mass is 16.5. The van der Waals surface area contributed by atoms with Crippen molar-refractivity contribution in [3.63, 3.8) is 0 Å². The van der Waals surface area contributed by atoms with Crippen molar-refractivity contribution in [2.24, 2.45) is 0 Å². The van der Waals surface area contributed by atoms with Gasteiger partial charge in [-0.25, -0.2) is 0 Å². The summed E-state index contributed by atoms with van der Waals surface area (Å²) in [5.74, 6) is 0. The molecule has 0 aromatic carbocycles. The predicted molar refractivity (Wildman–Crippen MR) is 63.3 cm³/mol. The van der Waals surface area contributed by atoms with Crippen LogP contribution in [-0.2, 0) is 4.74 Å². The number of aryl methyl sites for hydroxylation is 1. The molecule has 4 heteroatoms. The first-order chi connectivity index (χ1) is 7.68. The summed E-state index contributed by atoms with van der Waals surface area (Å²) >= 11 is 0. The summed E-state index contributed by atoms with van der Waals surface area (Å²) in [6, 6.07) is 0.713. The van der Waals surface area contributed by atoms with Crippen LogP contribution in [0.5, 0.6) is 0 Å². The lowest BCUT2D eigenvalue weighted by Gasteiger charge is -2.24. The lowest BCUT2D eigenvalue weighted by molar-refractivity contribution is 0.0804. The molecule has 1 fully saturated rings. The lowest BCUT2D eigenvalue weighted by atomic mass is 10.1. The zero-order valence-electron chi connectivity index (χ0n) is 10.3. The first-order valence-electron chi connectivity index (χ1n) is 6.06. The van der Waals surface area contributed by atoms with Crippen molar-refractivity contribution >= 4 is 0 Å². The van der Waals surface area contributed by atoms with Crippen LogP contribution in [0.1, 0.15) is 44.0 Å². The zero-order valence-corrected chi connectivity index (χ0v) is 10.3. The molecular formula is C12H21N3O. The van der Waals surface area contributed by atoms with Crippen LogP contribution in [-0.4, -0.2) is 29.0 Å². The molecular weight excluding hydrogens is 202 g/mol. The van der Waals surface area contributed by atoms with Crippen LogP contribution in [0.15, 0.2) is 6.20 Å². The smallest absolute Gasteiger partial charge is 0.0726 e. The van der Waals surface area contributed by atoms with E-state index in [2.05, 4.69) is 36.3 Å². The Morgan fingerprint density at radius 3 is 2.94 bits per heavy atom. The number of aromatic amines is 1. The molecule has 1 aliphatic heterocycles. The van der Waals surface area contributed by atoms with Gasteiger partial charge in [0.2, 0.25) is 0 Å². The van der Waals surface area contributed by atoms with Crippen LogP contribution < -0.4 is 5.32 Å². The van der Waals surface area contributed by atoms with Gasteiger partial charge in [-0.3, -0.25) is 5.10 Å². The Kier molecular flexibility index (Phi) is 3.61. The Hall–Kier alpha value is -0.870. The van der Waals surface area contributed by atoms with Crippen molar-refractivity contribution < 1.29 is 4.74 Å². The number of nitrogens with one attached hydrogen (secondary N) is 2. The fourth-order valence-electron chi connectivity index (χ4n) is 2.38. The number of rotatable bonds is 4. The second-order valence-electron chi connectivity index (χ2n) is 4.68. The van der Waals surface area contributed by atoms with Gasteiger partial charge < -0.3 is 10.1 Å². The van der Waals surface area contributed by atoms with Crippen LogP contribution in [0.2, 0.25) is 0 Å². The zero-order chi connectivity index (χ0) is 11.5. The maximum atomic E-state index is 5.68. The summed E-state index contributed by atoms with van der Waals surface area (Å²) in [5.41, 5.74) is 2.38. The normalized spacial score (nSPS) is 24.6. The molecule has 0 radical (unpaired) electrons. The first-order valence-corrected chi connectivity index (χ1v) is 6.06. The van der Waals surface area contributed by atoms with Crippen molar-refractivity contribution in [1.29, 1.82) is 0 Å². The predicted octanol–water partition coefficient (Wildman–Crippen LogP) is 1.94. The molecule has 3 unspecified atom stereocenters. The molecule has 0 aliphatic carbocycles. The number of hydrogen-bond donors (Lipinski definition) is 2. The second kappa shape index (κ2) is 4.97. The van der Waals surface area contributed by atoms with E-state index in [-0.39, 0.29) is 0 Å². The lowest BCUT2D eigenvalue weighted by Crippen LogP contribution is -2.38. The van der Waals surface area contributed by atoms with E-state index in [1.54, 1.807) is 0 Å². The third-order valence-electron chi connectivity index (χ3n) is 3.37. The van der Waals surface area contributed by atoms with Gasteiger partial charge in [0.25, 0.3) is 0 Å². The molecule has 1 saturated heterocycles. The summed E-state index contributed by atoms with van der Waals surface area (Å²) in [5, 5.41) is 10.6. The monoisotopic (exact) mass is 223 g/mol. The van der Waals surface area contributed by atoms with E-state index >= 15 is 0 Å². The van der Waals surface area contributed by atoms with E-state index in [1.807, 2.05) is 6.20 Å². The Bertz CT molecular complexity index is 331. The summed E-state index contributed by atoms with van der Waals surface area (Å²) in [6.45, 7) is 7.33. The number of aromatic nitrogens is 2. The summed E-state index contributed by atoms with van der Waals surface area (Å²) < 4.78 is 5.68. The fourth-order valence-corrected chi connectivity index (χ4v) is 2.38. The summed E-state index contributed by atoms with van der Waals surface area (Å²) in [7, 11) is 0. The molecule has 1 aliphatic rings. The summed E-state index contributed by atoms with van der Waals surface area (Å²) in [6.07, 6.45) is 4.63. The quantitative estimate of drug-likeness (QED) is 0.820. The van der Waals surface area contributed by atoms with Crippen LogP contribution in [0.3, 0.4) is 0 Å². The van der Waals surface area contributed by atoms with Gasteiger partial charge in [-0.1, -0.05) is 0 Å². The van der Waals surface area contributed by atoms with E-state index in [9.17, 15) is 0 Å². The molecule has 0 saturated carbocycles. The Balaban J connectivity index is 1.91. The van der Waals surface area contributed by atoms with Gasteiger partial charge in [-0.15, -0.1) is 0 Å². The molecule has 1 aromatic rings. The largest absolute Gasteiger partial charge is 0.377 e. The van der Waals surface area contributed by atoms with Crippen LogP contribution in [0.25, 0.3) is 0 Å². The highest BCUT2D eigenvalue weighted by molar-refractivity contribution is 5.18. The van der Waals surface area contributed by atoms with Crippen molar-refractivity contribution in [3.8, 4) is 0 Å². The Morgan fingerprint density at radius 2 is 2.38 bits per heavy atom. The molecule has 2 heterocycles. The SMILES string of the molecule is Cc1[nH]ncc1C(C)NC(C)C1CCCO1. The molecule has 1 aromatic heterocycles. The Morgan fingerprint density at radius 1 is 1.56 bits per heavy atom. The average Bonchev–Trinajstić information content (AvgIpc) is 2.86. The molecule has 3 atom stereocenters. The number of hydrogen-bond acceptors (Lipinski definition) is 3. The standard InChI is InChI=1S/C12H21N3O/c1-8(11-7-13-15-9(11)2)14-10(3)12-5-4-6-16-12/h7-8,10,12,14H,4-6H2,1-3H3,(H,13,15). The minimum atomic E-state index is 0.318. The van der Waals surface area contributed by atoms with Crippen molar-refractivity contribution in [2.75, 3.05) is 6.61 Å². The minimum absolute atomic E-state index is 0.318. The summed E-state index contributed by atoms with van der Waals surface area (Å²) in [4.78, 5) is 0. The first kappa shape index (κ1) is 11.6. The van der Waals surface area contributed by atoms with Gasteiger partial charge in [0, 0.05) is 29.9 Å². The van der Waals surface area contributed by atoms with E-state index < -0.39 is 0 Å². The van der Waals surface area contributed by atoms with Gasteiger partial charge in [0.05, 0.1) is 12.3 Å². The van der Waals surface area contributed by atoms with Crippen molar-refractivity contribution in [3.05, 3.63) is 17.5 Å². The van der Waals surface area contributed by atoms with Crippen LogP contribution >= 0.6 is 0 Å². The van der Waals surface area contributed by atoms with E-state index in [4.69, 9.17) is 4.74 Å².